The van der Waals surface area contributed by atoms with Gasteiger partial charge in [0.2, 0.25) is 5.75 Å². The fourth-order valence-electron chi connectivity index (χ4n) is 1.07. The molecule has 0 atom stereocenters. The van der Waals surface area contributed by atoms with Gasteiger partial charge in [-0.3, -0.25) is 4.79 Å². The molecule has 0 saturated carbocycles. The molecule has 1 N–H and O–H groups in total. The Morgan fingerprint density at radius 2 is 2.07 bits per heavy atom. The van der Waals surface area contributed by atoms with E-state index in [0.717, 1.165) is 6.42 Å². The summed E-state index contributed by atoms with van der Waals surface area (Å²) in [6.45, 7) is 3.75. The molecule has 0 aliphatic carbocycles. The zero-order chi connectivity index (χ0) is 11.3. The molecular formula is C11H14O4. The highest BCUT2D eigenvalue weighted by molar-refractivity contribution is 5.71. The SMILES string of the molecule is CCCOc1cccc(OC(C)=O)c1O. The monoisotopic (exact) mass is 210 g/mol. The van der Waals surface area contributed by atoms with E-state index in [1.165, 1.54) is 13.0 Å². The van der Waals surface area contributed by atoms with Crippen LogP contribution in [0.2, 0.25) is 0 Å². The van der Waals surface area contributed by atoms with E-state index in [1.54, 1.807) is 12.1 Å². The maximum atomic E-state index is 10.7. The van der Waals surface area contributed by atoms with Gasteiger partial charge in [0.15, 0.2) is 11.5 Å². The van der Waals surface area contributed by atoms with Crippen molar-refractivity contribution in [2.24, 2.45) is 0 Å². The molecule has 4 heteroatoms. The van der Waals surface area contributed by atoms with E-state index < -0.39 is 5.97 Å². The van der Waals surface area contributed by atoms with Crippen molar-refractivity contribution in [3.05, 3.63) is 18.2 Å². The van der Waals surface area contributed by atoms with Gasteiger partial charge in [-0.1, -0.05) is 13.0 Å². The van der Waals surface area contributed by atoms with Crippen LogP contribution in [0.25, 0.3) is 0 Å². The van der Waals surface area contributed by atoms with Gasteiger partial charge in [-0.25, -0.2) is 0 Å². The fourth-order valence-corrected chi connectivity index (χ4v) is 1.07. The molecule has 0 spiro atoms. The molecule has 0 aliphatic rings. The Balaban J connectivity index is 2.85. The van der Waals surface area contributed by atoms with Crippen molar-refractivity contribution in [3.8, 4) is 17.2 Å². The van der Waals surface area contributed by atoms with Crippen molar-refractivity contribution < 1.29 is 19.4 Å². The number of phenolic OH excluding ortho intramolecular Hbond substituents is 1. The topological polar surface area (TPSA) is 55.8 Å². The highest BCUT2D eigenvalue weighted by atomic mass is 16.5. The number of ether oxygens (including phenoxy) is 2. The maximum Gasteiger partial charge on any atom is 0.308 e. The lowest BCUT2D eigenvalue weighted by Gasteiger charge is -2.09. The van der Waals surface area contributed by atoms with E-state index in [0.29, 0.717) is 12.4 Å². The summed E-state index contributed by atoms with van der Waals surface area (Å²) in [6, 6.07) is 4.79. The van der Waals surface area contributed by atoms with E-state index in [1.807, 2.05) is 6.92 Å². The van der Waals surface area contributed by atoms with Crippen LogP contribution in [-0.2, 0) is 4.79 Å². The van der Waals surface area contributed by atoms with Crippen LogP contribution < -0.4 is 9.47 Å². The van der Waals surface area contributed by atoms with Gasteiger partial charge in [0, 0.05) is 6.92 Å². The summed E-state index contributed by atoms with van der Waals surface area (Å²) in [6.07, 6.45) is 0.844. The summed E-state index contributed by atoms with van der Waals surface area (Å²) < 4.78 is 10.1. The van der Waals surface area contributed by atoms with Crippen LogP contribution in [0, 0.1) is 0 Å². The van der Waals surface area contributed by atoms with Crippen LogP contribution in [0.5, 0.6) is 17.2 Å². The van der Waals surface area contributed by atoms with Gasteiger partial charge >= 0.3 is 5.97 Å². The number of hydrogen-bond donors (Lipinski definition) is 1. The number of esters is 1. The predicted octanol–water partition coefficient (Wildman–Crippen LogP) is 2.11. The molecule has 1 aromatic rings. The van der Waals surface area contributed by atoms with Crippen LogP contribution in [0.4, 0.5) is 0 Å². The smallest absolute Gasteiger partial charge is 0.308 e. The van der Waals surface area contributed by atoms with Crippen LogP contribution in [-0.4, -0.2) is 17.7 Å². The van der Waals surface area contributed by atoms with Gasteiger partial charge in [-0.2, -0.15) is 0 Å². The van der Waals surface area contributed by atoms with Gasteiger partial charge in [0.1, 0.15) is 0 Å². The minimum absolute atomic E-state index is 0.121. The van der Waals surface area contributed by atoms with Gasteiger partial charge in [-0.05, 0) is 18.6 Å². The summed E-state index contributed by atoms with van der Waals surface area (Å²) in [7, 11) is 0. The predicted molar refractivity (Wildman–Crippen MR) is 55.2 cm³/mol. The minimum Gasteiger partial charge on any atom is -0.502 e. The largest absolute Gasteiger partial charge is 0.502 e. The third-order valence-electron chi connectivity index (χ3n) is 1.68. The molecule has 0 aliphatic heterocycles. The number of para-hydroxylation sites is 1. The number of aromatic hydroxyl groups is 1. The normalized spacial score (nSPS) is 9.73. The van der Waals surface area contributed by atoms with Gasteiger partial charge < -0.3 is 14.6 Å². The molecule has 4 nitrogen and oxygen atoms in total. The van der Waals surface area contributed by atoms with Gasteiger partial charge in [0.25, 0.3) is 0 Å². The molecule has 82 valence electrons. The van der Waals surface area contributed by atoms with Crippen LogP contribution in [0.3, 0.4) is 0 Å². The Bertz CT molecular complexity index is 346. The molecular weight excluding hydrogens is 196 g/mol. The molecule has 0 aromatic heterocycles. The van der Waals surface area contributed by atoms with E-state index in [4.69, 9.17) is 9.47 Å². The van der Waals surface area contributed by atoms with Crippen molar-refractivity contribution in [2.75, 3.05) is 6.61 Å². The Hall–Kier alpha value is -1.71. The highest BCUT2D eigenvalue weighted by Gasteiger charge is 2.10. The zero-order valence-corrected chi connectivity index (χ0v) is 8.82. The summed E-state index contributed by atoms with van der Waals surface area (Å²) in [5.41, 5.74) is 0. The second-order valence-electron chi connectivity index (χ2n) is 3.04. The van der Waals surface area contributed by atoms with Crippen LogP contribution in [0.15, 0.2) is 18.2 Å². The first-order chi connectivity index (χ1) is 7.15. The maximum absolute atomic E-state index is 10.7. The molecule has 0 unspecified atom stereocenters. The van der Waals surface area contributed by atoms with E-state index in [-0.39, 0.29) is 11.5 Å². The summed E-state index contributed by atoms with van der Waals surface area (Å²) in [5, 5.41) is 9.66. The van der Waals surface area contributed by atoms with Crippen molar-refractivity contribution >= 4 is 5.97 Å². The van der Waals surface area contributed by atoms with Crippen molar-refractivity contribution in [1.82, 2.24) is 0 Å². The quantitative estimate of drug-likeness (QED) is 0.610. The first kappa shape index (κ1) is 11.4. The number of phenols is 1. The van der Waals surface area contributed by atoms with E-state index >= 15 is 0 Å². The van der Waals surface area contributed by atoms with E-state index in [9.17, 15) is 9.90 Å². The second kappa shape index (κ2) is 5.24. The van der Waals surface area contributed by atoms with Crippen LogP contribution >= 0.6 is 0 Å². The molecule has 0 fully saturated rings. The van der Waals surface area contributed by atoms with Gasteiger partial charge in [0.05, 0.1) is 6.61 Å². The van der Waals surface area contributed by atoms with Crippen LogP contribution in [0.1, 0.15) is 20.3 Å². The lowest BCUT2D eigenvalue weighted by Crippen LogP contribution is -2.02. The number of carbonyl (C=O) groups is 1. The Morgan fingerprint density at radius 3 is 2.67 bits per heavy atom. The third-order valence-corrected chi connectivity index (χ3v) is 1.68. The zero-order valence-electron chi connectivity index (χ0n) is 8.82. The summed E-state index contributed by atoms with van der Waals surface area (Å²) in [4.78, 5) is 10.7. The number of rotatable bonds is 4. The summed E-state index contributed by atoms with van der Waals surface area (Å²) in [5.74, 6) is -0.161. The fraction of sp³-hybridized carbons (Fsp3) is 0.364. The summed E-state index contributed by atoms with van der Waals surface area (Å²) >= 11 is 0. The number of hydrogen-bond acceptors (Lipinski definition) is 4. The average Bonchev–Trinajstić information content (AvgIpc) is 2.19. The Kier molecular flexibility index (Phi) is 3.97. The Labute approximate surface area is 88.4 Å². The van der Waals surface area contributed by atoms with Crippen molar-refractivity contribution in [2.45, 2.75) is 20.3 Å². The molecule has 15 heavy (non-hydrogen) atoms. The first-order valence-corrected chi connectivity index (χ1v) is 4.78. The lowest BCUT2D eigenvalue weighted by molar-refractivity contribution is -0.132. The number of carbonyl (C=O) groups excluding carboxylic acids is 1. The third kappa shape index (κ3) is 3.16. The molecule has 0 amide bonds. The Morgan fingerprint density at radius 1 is 1.40 bits per heavy atom. The second-order valence-corrected chi connectivity index (χ2v) is 3.04. The lowest BCUT2D eigenvalue weighted by atomic mass is 10.3. The molecule has 1 rings (SSSR count). The van der Waals surface area contributed by atoms with Crippen molar-refractivity contribution in [1.29, 1.82) is 0 Å². The van der Waals surface area contributed by atoms with Crippen molar-refractivity contribution in [3.63, 3.8) is 0 Å². The first-order valence-electron chi connectivity index (χ1n) is 4.78. The molecule has 0 heterocycles. The molecule has 0 radical (unpaired) electrons. The van der Waals surface area contributed by atoms with E-state index in [2.05, 4.69) is 0 Å². The molecule has 1 aromatic carbocycles. The minimum atomic E-state index is -0.474. The number of benzene rings is 1. The highest BCUT2D eigenvalue weighted by Crippen LogP contribution is 2.35. The van der Waals surface area contributed by atoms with Gasteiger partial charge in [-0.15, -0.1) is 0 Å². The average molecular weight is 210 g/mol. The molecule has 0 saturated heterocycles. The standard InChI is InChI=1S/C11H14O4/c1-3-7-14-9-5-4-6-10(11(9)13)15-8(2)12/h4-6,13H,3,7H2,1-2H3. The molecule has 0 bridgehead atoms.